The van der Waals surface area contributed by atoms with Crippen LogP contribution in [-0.2, 0) is 4.79 Å². The van der Waals surface area contributed by atoms with E-state index in [0.29, 0.717) is 0 Å². The summed E-state index contributed by atoms with van der Waals surface area (Å²) in [4.78, 5) is 14.0. The van der Waals surface area contributed by atoms with Crippen molar-refractivity contribution in [2.75, 3.05) is 11.4 Å². The number of nitrogens with zero attached hydrogens (tertiary/aromatic N) is 1. The third kappa shape index (κ3) is 2.03. The van der Waals surface area contributed by atoms with Crippen molar-refractivity contribution < 1.29 is 4.79 Å². The van der Waals surface area contributed by atoms with Gasteiger partial charge in [0.15, 0.2) is 0 Å². The summed E-state index contributed by atoms with van der Waals surface area (Å²) in [5, 5.41) is 0. The molecule has 1 amide bonds. The Labute approximate surface area is 120 Å². The molecule has 3 heteroatoms. The second kappa shape index (κ2) is 4.72. The van der Waals surface area contributed by atoms with E-state index in [4.69, 9.17) is 0 Å². The summed E-state index contributed by atoms with van der Waals surface area (Å²) in [7, 11) is 0. The minimum absolute atomic E-state index is 0.0329. The van der Waals surface area contributed by atoms with Crippen molar-refractivity contribution in [1.29, 1.82) is 0 Å². The third-order valence-electron chi connectivity index (χ3n) is 3.27. The van der Waals surface area contributed by atoms with Crippen LogP contribution < -0.4 is 4.90 Å². The number of halogens is 1. The fourth-order valence-electron chi connectivity index (χ4n) is 2.21. The van der Waals surface area contributed by atoms with Crippen LogP contribution in [0.3, 0.4) is 0 Å². The summed E-state index contributed by atoms with van der Waals surface area (Å²) >= 11 is 2.27. The predicted molar refractivity (Wildman–Crippen MR) is 80.7 cm³/mol. The van der Waals surface area contributed by atoms with Crippen LogP contribution in [0.4, 0.5) is 5.69 Å². The molecule has 2 aromatic carbocycles. The number of β-lactam (4-membered cyclic amide) rings is 1. The standard InChI is InChI=1S/C15H12INO/c16-12-6-8-13(9-7-12)17-10-14(15(17)18)11-4-2-1-3-5-11/h1-9,14H,10H2. The van der Waals surface area contributed by atoms with Gasteiger partial charge in [-0.3, -0.25) is 4.79 Å². The second-order valence-electron chi connectivity index (χ2n) is 4.39. The van der Waals surface area contributed by atoms with Gasteiger partial charge < -0.3 is 4.90 Å². The minimum atomic E-state index is 0.0329. The molecule has 1 unspecified atom stereocenters. The maximum absolute atomic E-state index is 12.2. The first-order valence-electron chi connectivity index (χ1n) is 5.87. The van der Waals surface area contributed by atoms with E-state index in [-0.39, 0.29) is 11.8 Å². The van der Waals surface area contributed by atoms with Gasteiger partial charge in [-0.05, 0) is 52.4 Å². The molecule has 0 radical (unpaired) electrons. The topological polar surface area (TPSA) is 20.3 Å². The molecule has 0 saturated carbocycles. The van der Waals surface area contributed by atoms with E-state index < -0.39 is 0 Å². The highest BCUT2D eigenvalue weighted by molar-refractivity contribution is 14.1. The molecule has 1 saturated heterocycles. The van der Waals surface area contributed by atoms with E-state index in [1.165, 1.54) is 3.57 Å². The van der Waals surface area contributed by atoms with E-state index in [2.05, 4.69) is 22.6 Å². The largest absolute Gasteiger partial charge is 0.311 e. The average Bonchev–Trinajstić information content (AvgIpc) is 2.41. The maximum atomic E-state index is 12.2. The predicted octanol–water partition coefficient (Wildman–Crippen LogP) is 3.42. The van der Waals surface area contributed by atoms with Gasteiger partial charge in [0, 0.05) is 15.8 Å². The molecule has 0 aromatic heterocycles. The average molecular weight is 349 g/mol. The quantitative estimate of drug-likeness (QED) is 0.601. The van der Waals surface area contributed by atoms with Crippen molar-refractivity contribution in [3.63, 3.8) is 0 Å². The second-order valence-corrected chi connectivity index (χ2v) is 5.63. The normalized spacial score (nSPS) is 18.6. The Morgan fingerprint density at radius 2 is 1.67 bits per heavy atom. The molecule has 0 spiro atoms. The molecule has 3 rings (SSSR count). The lowest BCUT2D eigenvalue weighted by Crippen LogP contribution is -2.50. The van der Waals surface area contributed by atoms with Gasteiger partial charge in [-0.15, -0.1) is 0 Å². The van der Waals surface area contributed by atoms with Crippen LogP contribution in [0.25, 0.3) is 0 Å². The molecule has 0 aliphatic carbocycles. The van der Waals surface area contributed by atoms with E-state index in [1.807, 2.05) is 59.5 Å². The number of hydrogen-bond donors (Lipinski definition) is 0. The molecule has 1 heterocycles. The number of carbonyl (C=O) groups is 1. The molecular formula is C15H12INO. The van der Waals surface area contributed by atoms with Gasteiger partial charge in [0.05, 0.1) is 5.92 Å². The third-order valence-corrected chi connectivity index (χ3v) is 3.99. The van der Waals surface area contributed by atoms with Crippen molar-refractivity contribution in [3.05, 3.63) is 63.7 Å². The molecule has 1 aliphatic rings. The van der Waals surface area contributed by atoms with Crippen LogP contribution in [0.15, 0.2) is 54.6 Å². The Morgan fingerprint density at radius 3 is 2.28 bits per heavy atom. The molecule has 0 N–H and O–H groups in total. The highest BCUT2D eigenvalue weighted by Crippen LogP contribution is 2.32. The first-order valence-corrected chi connectivity index (χ1v) is 6.95. The lowest BCUT2D eigenvalue weighted by molar-refractivity contribution is -0.124. The zero-order chi connectivity index (χ0) is 12.5. The minimum Gasteiger partial charge on any atom is -0.311 e. The summed E-state index contributed by atoms with van der Waals surface area (Å²) in [6.45, 7) is 0.781. The summed E-state index contributed by atoms with van der Waals surface area (Å²) in [5.41, 5.74) is 2.11. The van der Waals surface area contributed by atoms with Crippen LogP contribution in [0.2, 0.25) is 0 Å². The van der Waals surface area contributed by atoms with Gasteiger partial charge >= 0.3 is 0 Å². The van der Waals surface area contributed by atoms with Crippen molar-refractivity contribution in [2.24, 2.45) is 0 Å². The summed E-state index contributed by atoms with van der Waals surface area (Å²) in [6, 6.07) is 18.0. The van der Waals surface area contributed by atoms with Crippen molar-refractivity contribution >= 4 is 34.2 Å². The van der Waals surface area contributed by atoms with Crippen LogP contribution in [0, 0.1) is 3.57 Å². The molecular weight excluding hydrogens is 337 g/mol. The van der Waals surface area contributed by atoms with Gasteiger partial charge in [-0.2, -0.15) is 0 Å². The lowest BCUT2D eigenvalue weighted by Gasteiger charge is -2.38. The Bertz CT molecular complexity index is 565. The smallest absolute Gasteiger partial charge is 0.236 e. The van der Waals surface area contributed by atoms with Crippen LogP contribution in [0.1, 0.15) is 11.5 Å². The van der Waals surface area contributed by atoms with Crippen molar-refractivity contribution in [3.8, 4) is 0 Å². The number of carbonyl (C=O) groups excluding carboxylic acids is 1. The fraction of sp³-hybridized carbons (Fsp3) is 0.133. The monoisotopic (exact) mass is 349 g/mol. The molecule has 1 fully saturated rings. The number of amides is 1. The number of rotatable bonds is 2. The van der Waals surface area contributed by atoms with E-state index >= 15 is 0 Å². The highest BCUT2D eigenvalue weighted by atomic mass is 127. The number of hydrogen-bond acceptors (Lipinski definition) is 1. The molecule has 1 aliphatic heterocycles. The Kier molecular flexibility index (Phi) is 3.07. The highest BCUT2D eigenvalue weighted by Gasteiger charge is 2.38. The SMILES string of the molecule is O=C1C(c2ccccc2)CN1c1ccc(I)cc1. The van der Waals surface area contributed by atoms with Gasteiger partial charge in [0.1, 0.15) is 0 Å². The van der Waals surface area contributed by atoms with Gasteiger partial charge in [-0.25, -0.2) is 0 Å². The first kappa shape index (κ1) is 11.7. The zero-order valence-corrected chi connectivity index (χ0v) is 11.9. The first-order chi connectivity index (χ1) is 8.75. The molecule has 2 aromatic rings. The lowest BCUT2D eigenvalue weighted by atomic mass is 9.90. The van der Waals surface area contributed by atoms with E-state index in [9.17, 15) is 4.79 Å². The van der Waals surface area contributed by atoms with Crippen molar-refractivity contribution in [1.82, 2.24) is 0 Å². The number of benzene rings is 2. The van der Waals surface area contributed by atoms with Gasteiger partial charge in [-0.1, -0.05) is 30.3 Å². The Morgan fingerprint density at radius 1 is 1.00 bits per heavy atom. The van der Waals surface area contributed by atoms with Crippen LogP contribution in [0.5, 0.6) is 0 Å². The summed E-state index contributed by atoms with van der Waals surface area (Å²) < 4.78 is 1.18. The molecule has 0 bridgehead atoms. The molecule has 18 heavy (non-hydrogen) atoms. The van der Waals surface area contributed by atoms with Gasteiger partial charge in [0.2, 0.25) is 5.91 Å². The molecule has 1 atom stereocenters. The fourth-order valence-corrected chi connectivity index (χ4v) is 2.57. The number of anilines is 1. The Balaban J connectivity index is 1.77. The van der Waals surface area contributed by atoms with E-state index in [0.717, 1.165) is 17.8 Å². The maximum Gasteiger partial charge on any atom is 0.236 e. The molecule has 2 nitrogen and oxygen atoms in total. The van der Waals surface area contributed by atoms with E-state index in [1.54, 1.807) is 0 Å². The molecule has 90 valence electrons. The van der Waals surface area contributed by atoms with Crippen molar-refractivity contribution in [2.45, 2.75) is 5.92 Å². The summed E-state index contributed by atoms with van der Waals surface area (Å²) in [5.74, 6) is 0.230. The Hall–Kier alpha value is -1.36. The van der Waals surface area contributed by atoms with Crippen LogP contribution in [-0.4, -0.2) is 12.5 Å². The van der Waals surface area contributed by atoms with Crippen LogP contribution >= 0.6 is 22.6 Å². The van der Waals surface area contributed by atoms with Gasteiger partial charge in [0.25, 0.3) is 0 Å². The zero-order valence-electron chi connectivity index (χ0n) is 9.71. The summed E-state index contributed by atoms with van der Waals surface area (Å²) in [6.07, 6.45) is 0.